The molecule has 0 aliphatic rings. The van der Waals surface area contributed by atoms with Gasteiger partial charge in [-0.25, -0.2) is 4.68 Å². The van der Waals surface area contributed by atoms with Gasteiger partial charge in [0.25, 0.3) is 0 Å². The minimum Gasteiger partial charge on any atom is -0.399 e. The van der Waals surface area contributed by atoms with Crippen molar-refractivity contribution in [3.8, 4) is 0 Å². The molecular formula is C15H15N5O. The number of rotatable bonds is 3. The maximum Gasteiger partial charge on any atom is 0.246 e. The highest BCUT2D eigenvalue weighted by molar-refractivity contribution is 5.92. The summed E-state index contributed by atoms with van der Waals surface area (Å²) >= 11 is 0. The molecule has 21 heavy (non-hydrogen) atoms. The molecule has 0 atom stereocenters. The zero-order valence-corrected chi connectivity index (χ0v) is 11.6. The number of fused-ring (bicyclic) bond motifs is 1. The molecule has 0 aliphatic heterocycles. The van der Waals surface area contributed by atoms with Crippen LogP contribution in [0.2, 0.25) is 0 Å². The molecule has 0 saturated heterocycles. The van der Waals surface area contributed by atoms with Crippen molar-refractivity contribution in [2.24, 2.45) is 0 Å². The highest BCUT2D eigenvalue weighted by Crippen LogP contribution is 2.18. The number of nitrogens with one attached hydrogen (secondary N) is 1. The van der Waals surface area contributed by atoms with Gasteiger partial charge in [0.2, 0.25) is 5.91 Å². The largest absolute Gasteiger partial charge is 0.399 e. The molecule has 2 aromatic carbocycles. The van der Waals surface area contributed by atoms with Crippen LogP contribution in [0.25, 0.3) is 11.0 Å². The van der Waals surface area contributed by atoms with Crippen LogP contribution in [0, 0.1) is 6.92 Å². The van der Waals surface area contributed by atoms with E-state index < -0.39 is 0 Å². The molecule has 0 radical (unpaired) electrons. The fraction of sp³-hybridized carbons (Fsp3) is 0.133. The van der Waals surface area contributed by atoms with Crippen molar-refractivity contribution in [3.63, 3.8) is 0 Å². The van der Waals surface area contributed by atoms with E-state index in [0.717, 1.165) is 22.3 Å². The maximum atomic E-state index is 12.1. The summed E-state index contributed by atoms with van der Waals surface area (Å²) in [5.74, 6) is -0.154. The Labute approximate surface area is 121 Å². The third-order valence-corrected chi connectivity index (χ3v) is 3.24. The van der Waals surface area contributed by atoms with E-state index >= 15 is 0 Å². The van der Waals surface area contributed by atoms with E-state index in [1.165, 1.54) is 0 Å². The average molecular weight is 281 g/mol. The molecule has 3 rings (SSSR count). The lowest BCUT2D eigenvalue weighted by Gasteiger charge is -2.09. The van der Waals surface area contributed by atoms with E-state index in [4.69, 9.17) is 5.73 Å². The number of amides is 1. The second kappa shape index (κ2) is 5.24. The van der Waals surface area contributed by atoms with Crippen molar-refractivity contribution in [1.29, 1.82) is 0 Å². The van der Waals surface area contributed by atoms with Gasteiger partial charge in [-0.1, -0.05) is 17.3 Å². The quantitative estimate of drug-likeness (QED) is 0.719. The maximum absolute atomic E-state index is 12.1. The Bertz CT molecular complexity index is 809. The molecule has 3 aromatic rings. The molecule has 0 spiro atoms. The Balaban J connectivity index is 1.77. The predicted octanol–water partition coefficient (Wildman–Crippen LogP) is 1.96. The lowest BCUT2D eigenvalue weighted by atomic mass is 10.2. The van der Waals surface area contributed by atoms with Crippen LogP contribution < -0.4 is 11.1 Å². The molecule has 6 nitrogen and oxygen atoms in total. The normalized spacial score (nSPS) is 10.7. The zero-order chi connectivity index (χ0) is 14.8. The Kier molecular flexibility index (Phi) is 3.27. The lowest BCUT2D eigenvalue weighted by molar-refractivity contribution is -0.116. The van der Waals surface area contributed by atoms with Gasteiger partial charge in [-0.05, 0) is 42.8 Å². The molecule has 0 saturated carbocycles. The van der Waals surface area contributed by atoms with Gasteiger partial charge in [-0.3, -0.25) is 4.79 Å². The summed E-state index contributed by atoms with van der Waals surface area (Å²) < 4.78 is 1.58. The summed E-state index contributed by atoms with van der Waals surface area (Å²) in [6.07, 6.45) is 0. The number of hydrogen-bond donors (Lipinski definition) is 2. The first-order chi connectivity index (χ1) is 10.1. The van der Waals surface area contributed by atoms with Gasteiger partial charge >= 0.3 is 0 Å². The number of nitrogen functional groups attached to an aromatic ring is 1. The predicted molar refractivity (Wildman–Crippen MR) is 81.7 cm³/mol. The van der Waals surface area contributed by atoms with Gasteiger partial charge in [-0.2, -0.15) is 0 Å². The van der Waals surface area contributed by atoms with E-state index in [0.29, 0.717) is 5.69 Å². The van der Waals surface area contributed by atoms with Gasteiger partial charge in [0.1, 0.15) is 12.1 Å². The van der Waals surface area contributed by atoms with E-state index in [1.54, 1.807) is 16.8 Å². The third-order valence-electron chi connectivity index (χ3n) is 3.24. The van der Waals surface area contributed by atoms with Gasteiger partial charge in [0.15, 0.2) is 0 Å². The monoisotopic (exact) mass is 281 g/mol. The van der Waals surface area contributed by atoms with Crippen molar-refractivity contribution >= 4 is 28.3 Å². The summed E-state index contributed by atoms with van der Waals surface area (Å²) in [6.45, 7) is 2.02. The second-order valence-corrected chi connectivity index (χ2v) is 4.86. The molecule has 6 heteroatoms. The first-order valence-electron chi connectivity index (χ1n) is 6.58. The van der Waals surface area contributed by atoms with Crippen LogP contribution in [0.1, 0.15) is 5.56 Å². The minimum absolute atomic E-state index is 0.115. The van der Waals surface area contributed by atoms with Crippen LogP contribution in [0.15, 0.2) is 42.5 Å². The molecular weight excluding hydrogens is 266 g/mol. The smallest absolute Gasteiger partial charge is 0.246 e. The van der Waals surface area contributed by atoms with Crippen LogP contribution in [-0.4, -0.2) is 20.9 Å². The van der Waals surface area contributed by atoms with Gasteiger partial charge in [-0.15, -0.1) is 5.10 Å². The highest BCUT2D eigenvalue weighted by atomic mass is 16.2. The minimum atomic E-state index is -0.154. The molecule has 3 N–H and O–H groups in total. The van der Waals surface area contributed by atoms with Crippen molar-refractivity contribution in [2.45, 2.75) is 13.5 Å². The fourth-order valence-electron chi connectivity index (χ4n) is 2.19. The highest BCUT2D eigenvalue weighted by Gasteiger charge is 2.09. The summed E-state index contributed by atoms with van der Waals surface area (Å²) in [6, 6.07) is 12.9. The number of aromatic nitrogens is 3. The topological polar surface area (TPSA) is 85.8 Å². The molecule has 0 aliphatic carbocycles. The van der Waals surface area contributed by atoms with Gasteiger partial charge < -0.3 is 11.1 Å². The number of nitrogens with two attached hydrogens (primary N) is 1. The summed E-state index contributed by atoms with van der Waals surface area (Å²) in [5, 5.41) is 10.9. The van der Waals surface area contributed by atoms with E-state index in [2.05, 4.69) is 15.6 Å². The number of nitrogens with zero attached hydrogens (tertiary/aromatic N) is 3. The Morgan fingerprint density at radius 1 is 1.29 bits per heavy atom. The number of carbonyl (C=O) groups is 1. The van der Waals surface area contributed by atoms with Crippen LogP contribution in [0.4, 0.5) is 11.4 Å². The summed E-state index contributed by atoms with van der Waals surface area (Å²) in [7, 11) is 0. The van der Waals surface area contributed by atoms with Crippen molar-refractivity contribution in [1.82, 2.24) is 15.0 Å². The summed E-state index contributed by atoms with van der Waals surface area (Å²) in [5.41, 5.74) is 9.65. The van der Waals surface area contributed by atoms with Gasteiger partial charge in [0, 0.05) is 11.4 Å². The Morgan fingerprint density at radius 2 is 2.10 bits per heavy atom. The van der Waals surface area contributed by atoms with Crippen molar-refractivity contribution in [3.05, 3.63) is 48.0 Å². The number of benzene rings is 2. The third kappa shape index (κ3) is 2.69. The van der Waals surface area contributed by atoms with Crippen LogP contribution in [-0.2, 0) is 11.3 Å². The first kappa shape index (κ1) is 13.1. The molecule has 1 heterocycles. The lowest BCUT2D eigenvalue weighted by Crippen LogP contribution is -2.20. The Morgan fingerprint density at radius 3 is 2.90 bits per heavy atom. The molecule has 0 unspecified atom stereocenters. The van der Waals surface area contributed by atoms with Crippen LogP contribution in [0.3, 0.4) is 0 Å². The fourth-order valence-corrected chi connectivity index (χ4v) is 2.19. The van der Waals surface area contributed by atoms with Gasteiger partial charge in [0.05, 0.1) is 5.52 Å². The molecule has 106 valence electrons. The summed E-state index contributed by atoms with van der Waals surface area (Å²) in [4.78, 5) is 12.1. The molecule has 1 aromatic heterocycles. The second-order valence-electron chi connectivity index (χ2n) is 4.86. The zero-order valence-electron chi connectivity index (χ0n) is 11.6. The van der Waals surface area contributed by atoms with E-state index in [-0.39, 0.29) is 12.5 Å². The molecule has 0 bridgehead atoms. The van der Waals surface area contributed by atoms with Crippen molar-refractivity contribution < 1.29 is 4.79 Å². The number of anilines is 2. The number of aryl methyl sites for hydroxylation is 1. The van der Waals surface area contributed by atoms with Crippen LogP contribution >= 0.6 is 0 Å². The molecule has 1 amide bonds. The number of hydrogen-bond acceptors (Lipinski definition) is 4. The number of para-hydroxylation sites is 1. The average Bonchev–Trinajstić information content (AvgIpc) is 2.85. The SMILES string of the molecule is Cc1cc(N)ccc1NC(=O)Cn1nnc2ccccc21. The first-order valence-corrected chi connectivity index (χ1v) is 6.58. The standard InChI is InChI=1S/C15H15N5O/c1-10-8-11(16)6-7-12(10)17-15(21)9-20-14-5-3-2-4-13(14)18-19-20/h2-8H,9,16H2,1H3,(H,17,21). The number of carbonyl (C=O) groups excluding carboxylic acids is 1. The van der Waals surface area contributed by atoms with Crippen molar-refractivity contribution in [2.75, 3.05) is 11.1 Å². The Hall–Kier alpha value is -2.89. The van der Waals surface area contributed by atoms with Crippen LogP contribution in [0.5, 0.6) is 0 Å². The molecule has 0 fully saturated rings. The van der Waals surface area contributed by atoms with E-state index in [1.807, 2.05) is 37.3 Å². The van der Waals surface area contributed by atoms with E-state index in [9.17, 15) is 4.79 Å².